The van der Waals surface area contributed by atoms with Crippen LogP contribution < -0.4 is 0 Å². The van der Waals surface area contributed by atoms with E-state index < -0.39 is 0 Å². The maximum Gasteiger partial charge on any atom is 0.313 e. The lowest BCUT2D eigenvalue weighted by molar-refractivity contribution is -0.159. The summed E-state index contributed by atoms with van der Waals surface area (Å²) in [6, 6.07) is 0. The lowest BCUT2D eigenvalue weighted by Crippen LogP contribution is -2.12. The van der Waals surface area contributed by atoms with Gasteiger partial charge in [-0.3, -0.25) is 9.59 Å². The van der Waals surface area contributed by atoms with E-state index in [1.807, 2.05) is 43.2 Å². The Hall–Kier alpha value is 0.540. The van der Waals surface area contributed by atoms with E-state index in [4.69, 9.17) is 4.74 Å². The average Bonchev–Trinajstić information content (AvgIpc) is 3.21. The Bertz CT molecular complexity index is 332. The predicted octanol–water partition coefficient (Wildman–Crippen LogP) is 5.48. The van der Waals surface area contributed by atoms with Gasteiger partial charge in [-0.15, -0.1) is 0 Å². The molecule has 2 heterocycles. The van der Waals surface area contributed by atoms with Crippen molar-refractivity contribution in [1.82, 2.24) is 0 Å². The van der Waals surface area contributed by atoms with E-state index in [0.717, 1.165) is 36.2 Å². The lowest BCUT2D eigenvalue weighted by atomic mass is 10.1. The van der Waals surface area contributed by atoms with Gasteiger partial charge in [0.15, 0.2) is 0 Å². The van der Waals surface area contributed by atoms with Crippen LogP contribution in [0.3, 0.4) is 0 Å². The SMILES string of the molecule is O=C(CCCC[C@@H]1CCSS1)OC(=O)CCCC[C@@H]1CCSS1. The zero-order chi connectivity index (χ0) is 16.3. The first kappa shape index (κ1) is 19.9. The molecule has 2 fully saturated rings. The molecule has 0 bridgehead atoms. The summed E-state index contributed by atoms with van der Waals surface area (Å²) in [4.78, 5) is 23.3. The van der Waals surface area contributed by atoms with Crippen molar-refractivity contribution < 1.29 is 14.3 Å². The first-order valence-corrected chi connectivity index (χ1v) is 13.3. The summed E-state index contributed by atoms with van der Waals surface area (Å²) in [6.07, 6.45) is 9.48. The topological polar surface area (TPSA) is 43.4 Å². The van der Waals surface area contributed by atoms with Gasteiger partial charge in [-0.25, -0.2) is 0 Å². The maximum absolute atomic E-state index is 11.6. The molecule has 0 aromatic heterocycles. The molecule has 0 amide bonds. The van der Waals surface area contributed by atoms with E-state index in [1.165, 1.54) is 37.2 Å². The Balaban J connectivity index is 1.41. The Labute approximate surface area is 155 Å². The third-order valence-corrected chi connectivity index (χ3v) is 10.0. The van der Waals surface area contributed by atoms with Gasteiger partial charge in [0.2, 0.25) is 0 Å². The second-order valence-corrected chi connectivity index (χ2v) is 11.6. The van der Waals surface area contributed by atoms with E-state index in [2.05, 4.69) is 0 Å². The standard InChI is InChI=1S/C16H26O3S4/c17-15(7-3-1-5-13-9-11-20-22-13)19-16(18)8-4-2-6-14-10-12-21-23-14/h13-14H,1-12H2/t13-,14-/m1/s1. The van der Waals surface area contributed by atoms with Crippen molar-refractivity contribution in [2.24, 2.45) is 0 Å². The van der Waals surface area contributed by atoms with Gasteiger partial charge in [-0.2, -0.15) is 0 Å². The molecule has 7 heteroatoms. The molecule has 2 saturated heterocycles. The zero-order valence-corrected chi connectivity index (χ0v) is 16.8. The third-order valence-electron chi connectivity index (χ3n) is 4.00. The molecule has 0 aromatic carbocycles. The van der Waals surface area contributed by atoms with E-state index in [1.54, 1.807) is 0 Å². The highest BCUT2D eigenvalue weighted by atomic mass is 33.1. The van der Waals surface area contributed by atoms with Crippen LogP contribution in [0.4, 0.5) is 0 Å². The lowest BCUT2D eigenvalue weighted by Gasteiger charge is -2.07. The Morgan fingerprint density at radius 1 is 0.783 bits per heavy atom. The molecule has 2 atom stereocenters. The minimum Gasteiger partial charge on any atom is -0.393 e. The average molecular weight is 395 g/mol. The molecule has 132 valence electrons. The molecule has 2 aliphatic rings. The number of hydrogen-bond donors (Lipinski definition) is 0. The van der Waals surface area contributed by atoms with Crippen molar-refractivity contribution >= 4 is 55.1 Å². The first-order valence-electron chi connectivity index (χ1n) is 8.54. The van der Waals surface area contributed by atoms with Gasteiger partial charge >= 0.3 is 11.9 Å². The number of rotatable bonds is 10. The smallest absolute Gasteiger partial charge is 0.313 e. The van der Waals surface area contributed by atoms with Gasteiger partial charge in [0.05, 0.1) is 0 Å². The predicted molar refractivity (Wildman–Crippen MR) is 105 cm³/mol. The van der Waals surface area contributed by atoms with Crippen LogP contribution >= 0.6 is 43.2 Å². The summed E-state index contributed by atoms with van der Waals surface area (Å²) in [5, 5.41) is 1.52. The molecular weight excluding hydrogens is 368 g/mol. The molecule has 2 rings (SSSR count). The van der Waals surface area contributed by atoms with E-state index in [9.17, 15) is 9.59 Å². The number of ether oxygens (including phenoxy) is 1. The fourth-order valence-electron chi connectivity index (χ4n) is 2.64. The molecule has 3 nitrogen and oxygen atoms in total. The number of hydrogen-bond acceptors (Lipinski definition) is 7. The minimum absolute atomic E-state index is 0.341. The van der Waals surface area contributed by atoms with Crippen LogP contribution in [0.15, 0.2) is 0 Å². The molecule has 0 aromatic rings. The third kappa shape index (κ3) is 8.98. The van der Waals surface area contributed by atoms with Crippen LogP contribution in [0.25, 0.3) is 0 Å². The summed E-state index contributed by atoms with van der Waals surface area (Å²) >= 11 is 0. The summed E-state index contributed by atoms with van der Waals surface area (Å²) < 4.78 is 4.90. The van der Waals surface area contributed by atoms with Crippen LogP contribution in [-0.4, -0.2) is 33.9 Å². The van der Waals surface area contributed by atoms with Gasteiger partial charge in [0, 0.05) is 34.8 Å². The fraction of sp³-hybridized carbons (Fsp3) is 0.875. The highest BCUT2D eigenvalue weighted by Gasteiger charge is 2.17. The number of carbonyl (C=O) groups is 2. The molecule has 0 radical (unpaired) electrons. The van der Waals surface area contributed by atoms with Crippen LogP contribution in [0.2, 0.25) is 0 Å². The molecule has 0 unspecified atom stereocenters. The maximum atomic E-state index is 11.6. The monoisotopic (exact) mass is 394 g/mol. The van der Waals surface area contributed by atoms with Gasteiger partial charge in [-0.05, 0) is 38.5 Å². The number of esters is 2. The fourth-order valence-corrected chi connectivity index (χ4v) is 8.70. The highest BCUT2D eigenvalue weighted by molar-refractivity contribution is 8.77. The minimum atomic E-state index is -0.341. The van der Waals surface area contributed by atoms with E-state index in [0.29, 0.717) is 12.8 Å². The molecule has 0 N–H and O–H groups in total. The van der Waals surface area contributed by atoms with Crippen molar-refractivity contribution in [2.75, 3.05) is 11.5 Å². The quantitative estimate of drug-likeness (QED) is 0.210. The largest absolute Gasteiger partial charge is 0.393 e. The summed E-state index contributed by atoms with van der Waals surface area (Å²) in [5.41, 5.74) is 0. The van der Waals surface area contributed by atoms with E-state index >= 15 is 0 Å². The highest BCUT2D eigenvalue weighted by Crippen LogP contribution is 2.40. The second kappa shape index (κ2) is 12.0. The summed E-state index contributed by atoms with van der Waals surface area (Å²) in [7, 11) is 7.85. The van der Waals surface area contributed by atoms with Crippen molar-refractivity contribution in [3.8, 4) is 0 Å². The zero-order valence-electron chi connectivity index (χ0n) is 13.5. The van der Waals surface area contributed by atoms with Gasteiger partial charge < -0.3 is 4.74 Å². The van der Waals surface area contributed by atoms with Gasteiger partial charge in [0.1, 0.15) is 0 Å². The van der Waals surface area contributed by atoms with Crippen LogP contribution in [0.5, 0.6) is 0 Å². The van der Waals surface area contributed by atoms with Crippen LogP contribution in [0, 0.1) is 0 Å². The summed E-state index contributed by atoms with van der Waals surface area (Å²) in [6.45, 7) is 0. The normalized spacial score (nSPS) is 24.0. The van der Waals surface area contributed by atoms with Crippen LogP contribution in [-0.2, 0) is 14.3 Å². The van der Waals surface area contributed by atoms with Crippen molar-refractivity contribution in [2.45, 2.75) is 74.7 Å². The van der Waals surface area contributed by atoms with Crippen molar-refractivity contribution in [3.63, 3.8) is 0 Å². The molecule has 0 saturated carbocycles. The van der Waals surface area contributed by atoms with Crippen molar-refractivity contribution in [3.05, 3.63) is 0 Å². The molecular formula is C16H26O3S4. The Morgan fingerprint density at radius 3 is 1.65 bits per heavy atom. The van der Waals surface area contributed by atoms with Crippen molar-refractivity contribution in [1.29, 1.82) is 0 Å². The number of carbonyl (C=O) groups excluding carboxylic acids is 2. The Kier molecular flexibility index (Phi) is 10.3. The first-order chi connectivity index (χ1) is 11.2. The van der Waals surface area contributed by atoms with Gasteiger partial charge in [-0.1, -0.05) is 56.0 Å². The molecule has 0 spiro atoms. The number of unbranched alkanes of at least 4 members (excludes halogenated alkanes) is 2. The Morgan fingerprint density at radius 2 is 1.26 bits per heavy atom. The van der Waals surface area contributed by atoms with Gasteiger partial charge in [0.25, 0.3) is 0 Å². The van der Waals surface area contributed by atoms with Crippen LogP contribution in [0.1, 0.15) is 64.2 Å². The molecule has 0 aliphatic carbocycles. The second-order valence-electron chi connectivity index (χ2n) is 6.00. The molecule has 23 heavy (non-hydrogen) atoms. The summed E-state index contributed by atoms with van der Waals surface area (Å²) in [5.74, 6) is 1.83. The molecule has 2 aliphatic heterocycles. The van der Waals surface area contributed by atoms with E-state index in [-0.39, 0.29) is 11.9 Å².